The molecule has 7 heteroatoms. The third-order valence-corrected chi connectivity index (χ3v) is 6.26. The van der Waals surface area contributed by atoms with E-state index >= 15 is 0 Å². The fourth-order valence-electron chi connectivity index (χ4n) is 3.21. The lowest BCUT2D eigenvalue weighted by molar-refractivity contribution is -0.127. The van der Waals surface area contributed by atoms with Crippen molar-refractivity contribution < 1.29 is 22.4 Å². The van der Waals surface area contributed by atoms with E-state index in [0.717, 1.165) is 11.0 Å². The fraction of sp³-hybridized carbons (Fsp3) is 0.421. The van der Waals surface area contributed by atoms with Gasteiger partial charge in [0.05, 0.1) is 11.5 Å². The number of ether oxygens (including phenoxy) is 1. The largest absolute Gasteiger partial charge is 0.457 e. The van der Waals surface area contributed by atoms with Crippen molar-refractivity contribution in [3.05, 3.63) is 42.2 Å². The van der Waals surface area contributed by atoms with Crippen molar-refractivity contribution in [2.24, 2.45) is 0 Å². The van der Waals surface area contributed by atoms with Crippen LogP contribution >= 0.6 is 0 Å². The molecule has 1 saturated heterocycles. The normalized spacial score (nSPS) is 19.3. The summed E-state index contributed by atoms with van der Waals surface area (Å²) in [5.74, 6) is 0.558. The van der Waals surface area contributed by atoms with Crippen LogP contribution in [-0.4, -0.2) is 57.0 Å². The molecular weight excluding hydrogens is 354 g/mol. The summed E-state index contributed by atoms with van der Waals surface area (Å²) >= 11 is 0. The summed E-state index contributed by atoms with van der Waals surface area (Å²) in [5, 5.41) is 0.971. The number of nitrogens with zero attached hydrogens (tertiary/aromatic N) is 1. The third-order valence-electron chi connectivity index (χ3n) is 4.51. The lowest BCUT2D eigenvalue weighted by atomic mass is 10.2. The number of methoxy groups -OCH3 is 1. The van der Waals surface area contributed by atoms with E-state index in [0.29, 0.717) is 31.8 Å². The number of carbonyl (C=O) groups is 1. The molecule has 1 aromatic carbocycles. The number of hydrogen-bond acceptors (Lipinski definition) is 5. The highest BCUT2D eigenvalue weighted by molar-refractivity contribution is 7.91. The molecule has 6 nitrogen and oxygen atoms in total. The molecule has 0 saturated carbocycles. The van der Waals surface area contributed by atoms with Crippen LogP contribution in [0, 0.1) is 0 Å². The van der Waals surface area contributed by atoms with Crippen LogP contribution in [0.15, 0.2) is 40.8 Å². The smallest absolute Gasteiger partial charge is 0.246 e. The van der Waals surface area contributed by atoms with Crippen LogP contribution in [0.2, 0.25) is 0 Å². The van der Waals surface area contributed by atoms with E-state index in [2.05, 4.69) is 0 Å². The van der Waals surface area contributed by atoms with Gasteiger partial charge in [-0.25, -0.2) is 8.42 Å². The minimum atomic E-state index is -3.06. The fourth-order valence-corrected chi connectivity index (χ4v) is 4.94. The molecule has 0 aliphatic carbocycles. The van der Waals surface area contributed by atoms with Crippen LogP contribution in [0.1, 0.15) is 18.6 Å². The van der Waals surface area contributed by atoms with Gasteiger partial charge in [0.2, 0.25) is 5.91 Å². The molecule has 2 aromatic rings. The Balaban J connectivity index is 1.73. The molecule has 1 atom stereocenters. The van der Waals surface area contributed by atoms with Crippen molar-refractivity contribution in [3.8, 4) is 0 Å². The van der Waals surface area contributed by atoms with Crippen molar-refractivity contribution in [2.75, 3.05) is 31.8 Å². The van der Waals surface area contributed by atoms with Crippen molar-refractivity contribution in [3.63, 3.8) is 0 Å². The van der Waals surface area contributed by atoms with Crippen LogP contribution in [0.4, 0.5) is 0 Å². The minimum Gasteiger partial charge on any atom is -0.457 e. The van der Waals surface area contributed by atoms with E-state index in [1.807, 2.05) is 30.3 Å². The molecule has 0 N–H and O–H groups in total. The predicted octanol–water partition coefficient (Wildman–Crippen LogP) is 2.50. The molecule has 1 unspecified atom stereocenters. The molecule has 1 aliphatic heterocycles. The summed E-state index contributed by atoms with van der Waals surface area (Å²) < 4.78 is 34.3. The molecule has 0 radical (unpaired) electrons. The number of amides is 1. The van der Waals surface area contributed by atoms with Gasteiger partial charge in [-0.15, -0.1) is 0 Å². The molecule has 1 aliphatic rings. The topological polar surface area (TPSA) is 76.8 Å². The standard InChI is InChI=1S/C19H23NO5S/c1-24-11-4-10-20(16-9-12-26(22,23)14-16)19(21)8-7-17-13-15-5-2-3-6-18(15)25-17/h2-3,5-8,13,16H,4,9-12,14H2,1H3/b8-7+. The zero-order chi connectivity index (χ0) is 18.6. The number of fused-ring (bicyclic) bond motifs is 1. The SMILES string of the molecule is COCCCN(C(=O)/C=C/c1cc2ccccc2o1)C1CCS(=O)(=O)C1. The van der Waals surface area contributed by atoms with E-state index in [4.69, 9.17) is 9.15 Å². The number of hydrogen-bond donors (Lipinski definition) is 0. The van der Waals surface area contributed by atoms with Crippen molar-refractivity contribution in [1.82, 2.24) is 4.90 Å². The first kappa shape index (κ1) is 18.7. The van der Waals surface area contributed by atoms with E-state index in [9.17, 15) is 13.2 Å². The molecule has 140 valence electrons. The lowest BCUT2D eigenvalue weighted by Gasteiger charge is -2.27. The molecule has 1 fully saturated rings. The zero-order valence-corrected chi connectivity index (χ0v) is 15.6. The van der Waals surface area contributed by atoms with Gasteiger partial charge in [0, 0.05) is 37.8 Å². The Hall–Kier alpha value is -2.12. The molecule has 3 rings (SSSR count). The zero-order valence-electron chi connectivity index (χ0n) is 14.8. The predicted molar refractivity (Wildman–Crippen MR) is 101 cm³/mol. The summed E-state index contributed by atoms with van der Waals surface area (Å²) in [6.07, 6.45) is 4.24. The highest BCUT2D eigenvalue weighted by Gasteiger charge is 2.33. The monoisotopic (exact) mass is 377 g/mol. The molecule has 26 heavy (non-hydrogen) atoms. The van der Waals surface area contributed by atoms with Gasteiger partial charge in [-0.05, 0) is 31.1 Å². The van der Waals surface area contributed by atoms with Crippen molar-refractivity contribution in [1.29, 1.82) is 0 Å². The van der Waals surface area contributed by atoms with E-state index in [1.165, 1.54) is 6.08 Å². The van der Waals surface area contributed by atoms with Gasteiger partial charge < -0.3 is 14.1 Å². The lowest BCUT2D eigenvalue weighted by Crippen LogP contribution is -2.41. The average Bonchev–Trinajstić information content (AvgIpc) is 3.19. The van der Waals surface area contributed by atoms with Crippen LogP contribution in [0.5, 0.6) is 0 Å². The van der Waals surface area contributed by atoms with Crippen LogP contribution in [0.3, 0.4) is 0 Å². The number of sulfone groups is 1. The van der Waals surface area contributed by atoms with Crippen LogP contribution in [0.25, 0.3) is 17.0 Å². The van der Waals surface area contributed by atoms with Gasteiger partial charge in [-0.3, -0.25) is 4.79 Å². The molecule has 1 amide bonds. The quantitative estimate of drug-likeness (QED) is 0.547. The third kappa shape index (κ3) is 4.53. The number of benzene rings is 1. The van der Waals surface area contributed by atoms with E-state index in [-0.39, 0.29) is 23.5 Å². The second-order valence-electron chi connectivity index (χ2n) is 6.45. The summed E-state index contributed by atoms with van der Waals surface area (Å²) in [5.41, 5.74) is 0.762. The number of rotatable bonds is 7. The molecule has 0 spiro atoms. The Morgan fingerprint density at radius 1 is 1.38 bits per heavy atom. The number of furan rings is 1. The van der Waals surface area contributed by atoms with Gasteiger partial charge in [0.1, 0.15) is 11.3 Å². The van der Waals surface area contributed by atoms with Gasteiger partial charge in [0.25, 0.3) is 0 Å². The summed E-state index contributed by atoms with van der Waals surface area (Å²) in [7, 11) is -1.45. The molecule has 0 bridgehead atoms. The second kappa shape index (κ2) is 8.05. The number of carbonyl (C=O) groups excluding carboxylic acids is 1. The Labute approximate surface area is 153 Å². The Morgan fingerprint density at radius 3 is 2.88 bits per heavy atom. The van der Waals surface area contributed by atoms with Gasteiger partial charge in [-0.2, -0.15) is 0 Å². The molecular formula is C19H23NO5S. The van der Waals surface area contributed by atoms with Gasteiger partial charge in [0.15, 0.2) is 9.84 Å². The van der Waals surface area contributed by atoms with E-state index in [1.54, 1.807) is 18.1 Å². The molecule has 1 aromatic heterocycles. The first-order valence-electron chi connectivity index (χ1n) is 8.65. The highest BCUT2D eigenvalue weighted by atomic mass is 32.2. The maximum absolute atomic E-state index is 12.7. The van der Waals surface area contributed by atoms with Crippen molar-refractivity contribution in [2.45, 2.75) is 18.9 Å². The minimum absolute atomic E-state index is 0.0319. The van der Waals surface area contributed by atoms with Crippen LogP contribution in [-0.2, 0) is 19.4 Å². The first-order valence-corrected chi connectivity index (χ1v) is 10.5. The van der Waals surface area contributed by atoms with Crippen LogP contribution < -0.4 is 0 Å². The summed E-state index contributed by atoms with van der Waals surface area (Å²) in [6.45, 7) is 0.994. The van der Waals surface area contributed by atoms with Gasteiger partial charge in [-0.1, -0.05) is 18.2 Å². The Bertz CT molecular complexity index is 867. The molecule has 2 heterocycles. The Morgan fingerprint density at radius 2 is 2.19 bits per heavy atom. The second-order valence-corrected chi connectivity index (χ2v) is 8.68. The highest BCUT2D eigenvalue weighted by Crippen LogP contribution is 2.21. The Kier molecular flexibility index (Phi) is 5.78. The van der Waals surface area contributed by atoms with Crippen molar-refractivity contribution >= 4 is 32.8 Å². The average molecular weight is 377 g/mol. The summed E-state index contributed by atoms with van der Waals surface area (Å²) in [4.78, 5) is 14.3. The van der Waals surface area contributed by atoms with E-state index < -0.39 is 9.84 Å². The number of para-hydroxylation sites is 1. The first-order chi connectivity index (χ1) is 12.5. The maximum Gasteiger partial charge on any atom is 0.246 e. The maximum atomic E-state index is 12.7. The summed E-state index contributed by atoms with van der Waals surface area (Å²) in [6, 6.07) is 9.23. The van der Waals surface area contributed by atoms with Gasteiger partial charge >= 0.3 is 0 Å².